The normalized spacial score (nSPS) is 15.2. The zero-order chi connectivity index (χ0) is 31.1. The van der Waals surface area contributed by atoms with Crippen LogP contribution in [0.25, 0.3) is 10.8 Å². The molecule has 11 nitrogen and oxygen atoms in total. The molecule has 3 aromatic rings. The smallest absolute Gasteiger partial charge is 0.252 e. The molecule has 1 heterocycles. The maximum atomic E-state index is 14.1. The van der Waals surface area contributed by atoms with E-state index in [2.05, 4.69) is 10.6 Å². The highest BCUT2D eigenvalue weighted by atomic mass is 16.2. The molecule has 0 bridgehead atoms. The average Bonchev–Trinajstić information content (AvgIpc) is 3.09. The first kappa shape index (κ1) is 30.8. The molecule has 4 amide bonds. The van der Waals surface area contributed by atoms with Crippen molar-refractivity contribution >= 4 is 63.6 Å². The van der Waals surface area contributed by atoms with Crippen molar-refractivity contribution in [3.05, 3.63) is 72.3 Å². The van der Waals surface area contributed by atoms with Crippen molar-refractivity contribution in [3.63, 3.8) is 0 Å². The number of anilines is 2. The van der Waals surface area contributed by atoms with E-state index in [1.165, 1.54) is 18.7 Å². The average molecular weight is 585 g/mol. The van der Waals surface area contributed by atoms with Crippen molar-refractivity contribution in [1.29, 1.82) is 0 Å². The number of ketones is 2. The van der Waals surface area contributed by atoms with Crippen LogP contribution in [0, 0.1) is 0 Å². The minimum absolute atomic E-state index is 0.00612. The van der Waals surface area contributed by atoms with E-state index in [9.17, 15) is 33.6 Å². The van der Waals surface area contributed by atoms with E-state index in [1.54, 1.807) is 48.5 Å². The summed E-state index contributed by atoms with van der Waals surface area (Å²) in [5.74, 6) is -2.84. The van der Waals surface area contributed by atoms with Gasteiger partial charge in [-0.15, -0.1) is 0 Å². The van der Waals surface area contributed by atoms with Gasteiger partial charge in [-0.05, 0) is 42.8 Å². The Morgan fingerprint density at radius 2 is 1.56 bits per heavy atom. The molecule has 43 heavy (non-hydrogen) atoms. The highest BCUT2D eigenvalue weighted by Gasteiger charge is 2.38. The Bertz CT molecular complexity index is 1600. The van der Waals surface area contributed by atoms with Gasteiger partial charge in [0.1, 0.15) is 30.4 Å². The number of aldehydes is 1. The largest absolute Gasteiger partial charge is 0.345 e. The molecule has 0 saturated heterocycles. The van der Waals surface area contributed by atoms with Crippen molar-refractivity contribution in [3.8, 4) is 0 Å². The lowest BCUT2D eigenvalue weighted by molar-refractivity contribution is -0.127. The van der Waals surface area contributed by atoms with E-state index in [0.29, 0.717) is 22.9 Å². The molecule has 2 atom stereocenters. The van der Waals surface area contributed by atoms with E-state index >= 15 is 0 Å². The van der Waals surface area contributed by atoms with E-state index in [1.807, 2.05) is 18.2 Å². The van der Waals surface area contributed by atoms with Gasteiger partial charge in [0.05, 0.1) is 24.0 Å². The monoisotopic (exact) mass is 584 g/mol. The number of rotatable bonds is 11. The number of fused-ring (bicyclic) bond motifs is 2. The maximum absolute atomic E-state index is 14.1. The van der Waals surface area contributed by atoms with E-state index in [0.717, 1.165) is 10.3 Å². The van der Waals surface area contributed by atoms with Crippen LogP contribution in [-0.2, 0) is 28.8 Å². The Hall–Kier alpha value is -5.19. The van der Waals surface area contributed by atoms with Crippen LogP contribution < -0.4 is 20.4 Å². The molecule has 2 N–H and O–H groups in total. The number of carbonyl (C=O) groups is 7. The third-order valence-corrected chi connectivity index (χ3v) is 7.04. The van der Waals surface area contributed by atoms with Crippen LogP contribution in [0.5, 0.6) is 0 Å². The molecule has 11 heteroatoms. The summed E-state index contributed by atoms with van der Waals surface area (Å²) in [5, 5.41) is 6.71. The molecular formula is C32H32N4O7. The van der Waals surface area contributed by atoms with Crippen LogP contribution in [0.4, 0.5) is 11.4 Å². The summed E-state index contributed by atoms with van der Waals surface area (Å²) in [7, 11) is 0. The van der Waals surface area contributed by atoms with Gasteiger partial charge >= 0.3 is 0 Å². The first-order valence-corrected chi connectivity index (χ1v) is 13.8. The summed E-state index contributed by atoms with van der Waals surface area (Å²) in [6.07, 6.45) is 0.115. The van der Waals surface area contributed by atoms with Gasteiger partial charge in [-0.2, -0.15) is 0 Å². The number of hydrogen-bond donors (Lipinski definition) is 2. The standard InChI is InChI=1S/C32H32N4O7/c1-20(38)14-15-30(41)35-17-26(34-31(42)25-11-7-9-22-8-3-4-10-24(22)25)32(43)36(28-13-6-5-12-27(28)35)18-29(40)33-23(19-37)16-21(2)39/h3-13,19,23,26H,14-18H2,1-2H3,(H,33,40)(H,34,42)/t23-,26?/m0/s1. The van der Waals surface area contributed by atoms with Gasteiger partial charge in [-0.3, -0.25) is 28.9 Å². The van der Waals surface area contributed by atoms with Crippen LogP contribution in [0.1, 0.15) is 43.5 Å². The van der Waals surface area contributed by atoms with E-state index < -0.39 is 42.3 Å². The van der Waals surface area contributed by atoms with Gasteiger partial charge < -0.3 is 25.1 Å². The van der Waals surface area contributed by atoms with Crippen molar-refractivity contribution in [1.82, 2.24) is 10.6 Å². The van der Waals surface area contributed by atoms with Crippen molar-refractivity contribution in [2.45, 2.75) is 45.2 Å². The molecule has 4 rings (SSSR count). The minimum atomic E-state index is -1.27. The SMILES string of the molecule is CC(=O)CCC(=O)N1CC(NC(=O)c2cccc3ccccc23)C(=O)N(CC(=O)N[C@H](C=O)CC(C)=O)c2ccccc21. The Labute approximate surface area is 248 Å². The molecule has 0 aromatic heterocycles. The number of nitrogens with zero attached hydrogens (tertiary/aromatic N) is 2. The summed E-state index contributed by atoms with van der Waals surface area (Å²) in [6.45, 7) is 1.87. The van der Waals surface area contributed by atoms with Gasteiger partial charge in [0.2, 0.25) is 11.8 Å². The third-order valence-electron chi connectivity index (χ3n) is 7.04. The Balaban J connectivity index is 1.71. The summed E-state index contributed by atoms with van der Waals surface area (Å²) in [6, 6.07) is 16.6. The number of para-hydroxylation sites is 2. The van der Waals surface area contributed by atoms with Gasteiger partial charge in [0, 0.05) is 24.8 Å². The number of benzene rings is 3. The molecule has 1 aliphatic heterocycles. The van der Waals surface area contributed by atoms with Crippen LogP contribution in [0.3, 0.4) is 0 Å². The van der Waals surface area contributed by atoms with E-state index in [-0.39, 0.29) is 43.1 Å². The molecule has 0 radical (unpaired) electrons. The fourth-order valence-corrected chi connectivity index (χ4v) is 5.01. The predicted molar refractivity (Wildman–Crippen MR) is 160 cm³/mol. The van der Waals surface area contributed by atoms with Gasteiger partial charge in [-0.1, -0.05) is 48.5 Å². The first-order chi connectivity index (χ1) is 20.6. The number of nitrogens with one attached hydrogen (secondary N) is 2. The molecule has 0 aliphatic carbocycles. The molecule has 3 aromatic carbocycles. The topological polar surface area (TPSA) is 150 Å². The Morgan fingerprint density at radius 1 is 0.884 bits per heavy atom. The summed E-state index contributed by atoms with van der Waals surface area (Å²) in [5.41, 5.74) is 0.870. The lowest BCUT2D eigenvalue weighted by Crippen LogP contribution is -2.54. The molecule has 222 valence electrons. The summed E-state index contributed by atoms with van der Waals surface area (Å²) < 4.78 is 0. The molecule has 0 spiro atoms. The zero-order valence-electron chi connectivity index (χ0n) is 23.9. The molecular weight excluding hydrogens is 552 g/mol. The van der Waals surface area contributed by atoms with Crippen LogP contribution in [0.15, 0.2) is 66.7 Å². The van der Waals surface area contributed by atoms with Crippen molar-refractivity contribution in [2.24, 2.45) is 0 Å². The number of Topliss-reactive ketones (excluding diaryl/α,β-unsaturated/α-hetero) is 2. The molecule has 0 saturated carbocycles. The quantitative estimate of drug-likeness (QED) is 0.329. The molecule has 1 unspecified atom stereocenters. The zero-order valence-corrected chi connectivity index (χ0v) is 23.9. The number of amides is 4. The van der Waals surface area contributed by atoms with Crippen molar-refractivity contribution < 1.29 is 33.6 Å². The van der Waals surface area contributed by atoms with Gasteiger partial charge in [0.15, 0.2) is 0 Å². The summed E-state index contributed by atoms with van der Waals surface area (Å²) in [4.78, 5) is 91.2. The van der Waals surface area contributed by atoms with Gasteiger partial charge in [-0.25, -0.2) is 0 Å². The Kier molecular flexibility index (Phi) is 9.76. The van der Waals surface area contributed by atoms with Crippen molar-refractivity contribution in [2.75, 3.05) is 22.9 Å². The van der Waals surface area contributed by atoms with E-state index in [4.69, 9.17) is 0 Å². The second-order valence-corrected chi connectivity index (χ2v) is 10.4. The number of hydrogen-bond acceptors (Lipinski definition) is 7. The Morgan fingerprint density at radius 3 is 2.26 bits per heavy atom. The number of carbonyl (C=O) groups excluding carboxylic acids is 7. The third kappa shape index (κ3) is 7.37. The second kappa shape index (κ2) is 13.6. The second-order valence-electron chi connectivity index (χ2n) is 10.4. The lowest BCUT2D eigenvalue weighted by atomic mass is 10.0. The van der Waals surface area contributed by atoms with Crippen LogP contribution in [-0.4, -0.2) is 66.7 Å². The highest BCUT2D eigenvalue weighted by molar-refractivity contribution is 6.13. The molecule has 1 aliphatic rings. The highest BCUT2D eigenvalue weighted by Crippen LogP contribution is 2.33. The van der Waals surface area contributed by atoms with Crippen LogP contribution in [0.2, 0.25) is 0 Å². The minimum Gasteiger partial charge on any atom is -0.345 e. The van der Waals surface area contributed by atoms with Crippen LogP contribution >= 0.6 is 0 Å². The van der Waals surface area contributed by atoms with Gasteiger partial charge in [0.25, 0.3) is 11.8 Å². The fourth-order valence-electron chi connectivity index (χ4n) is 5.01. The molecule has 0 fully saturated rings. The fraction of sp³-hybridized carbons (Fsp3) is 0.281. The maximum Gasteiger partial charge on any atom is 0.252 e. The lowest BCUT2D eigenvalue weighted by Gasteiger charge is -2.25. The first-order valence-electron chi connectivity index (χ1n) is 13.8. The summed E-state index contributed by atoms with van der Waals surface area (Å²) >= 11 is 0. The predicted octanol–water partition coefficient (Wildman–Crippen LogP) is 2.35.